The number of benzene rings is 2. The molecule has 3 aromatic heterocycles. The standard InChI is InChI=1S/C33H34ClN7O4/c34-29-17-24(4-7-31(29)45-21-25-3-1-2-9-35-25)39-32-27-18-26(5-6-30(27)37-22-38-32)41-19-23(8-14-42)28(20-41)33(43)36-10-11-40-12-15-44-16-13-40/h1-7,9,17-20,22,42H,8,10-16,21H2,(H,36,43)(H,37,38,39). The third-order valence-corrected chi connectivity index (χ3v) is 7.86. The first kappa shape index (κ1) is 30.5. The van der Waals surface area contributed by atoms with Crippen molar-refractivity contribution in [1.29, 1.82) is 0 Å². The Morgan fingerprint density at radius 1 is 1.04 bits per heavy atom. The van der Waals surface area contributed by atoms with Gasteiger partial charge in [0.05, 0.1) is 35.0 Å². The SMILES string of the molecule is O=C(NCCN1CCOCC1)c1cn(-c2ccc3ncnc(Nc4ccc(OCc5ccccn5)c(Cl)c4)c3c2)cc1CCO. The van der Waals surface area contributed by atoms with Gasteiger partial charge in [0.15, 0.2) is 0 Å². The maximum atomic E-state index is 13.2. The number of hydrogen-bond acceptors (Lipinski definition) is 9. The minimum atomic E-state index is -0.165. The second-order valence-electron chi connectivity index (χ2n) is 10.6. The number of carbonyl (C=O) groups is 1. The lowest BCUT2D eigenvalue weighted by atomic mass is 10.1. The van der Waals surface area contributed by atoms with E-state index in [2.05, 4.69) is 30.5 Å². The molecule has 0 radical (unpaired) electrons. The Labute approximate surface area is 265 Å². The quantitative estimate of drug-likeness (QED) is 0.185. The smallest absolute Gasteiger partial charge is 0.253 e. The fourth-order valence-electron chi connectivity index (χ4n) is 5.19. The van der Waals surface area contributed by atoms with Crippen LogP contribution in [-0.2, 0) is 17.8 Å². The van der Waals surface area contributed by atoms with Crippen LogP contribution < -0.4 is 15.4 Å². The second kappa shape index (κ2) is 14.5. The number of hydrogen-bond donors (Lipinski definition) is 3. The van der Waals surface area contributed by atoms with Crippen molar-refractivity contribution >= 4 is 39.9 Å². The third kappa shape index (κ3) is 7.58. The van der Waals surface area contributed by atoms with Gasteiger partial charge in [0, 0.05) is 68.1 Å². The summed E-state index contributed by atoms with van der Waals surface area (Å²) in [6, 6.07) is 16.9. The van der Waals surface area contributed by atoms with Crippen LogP contribution in [0.3, 0.4) is 0 Å². The van der Waals surface area contributed by atoms with Crippen molar-refractivity contribution in [1.82, 2.24) is 29.7 Å². The van der Waals surface area contributed by atoms with Gasteiger partial charge in [-0.25, -0.2) is 9.97 Å². The number of aromatic nitrogens is 4. The molecule has 4 heterocycles. The van der Waals surface area contributed by atoms with Crippen LogP contribution in [0, 0.1) is 0 Å². The summed E-state index contributed by atoms with van der Waals surface area (Å²) in [6.45, 7) is 4.70. The summed E-state index contributed by atoms with van der Waals surface area (Å²) in [5.41, 5.74) is 4.42. The highest BCUT2D eigenvalue weighted by molar-refractivity contribution is 6.32. The first-order chi connectivity index (χ1) is 22.1. The number of nitrogens with zero attached hydrogens (tertiary/aromatic N) is 5. The summed E-state index contributed by atoms with van der Waals surface area (Å²) in [4.78, 5) is 28.6. The molecule has 0 aliphatic carbocycles. The van der Waals surface area contributed by atoms with Crippen molar-refractivity contribution in [2.75, 3.05) is 51.3 Å². The highest BCUT2D eigenvalue weighted by Gasteiger charge is 2.17. The minimum absolute atomic E-state index is 0.0623. The average Bonchev–Trinajstić information content (AvgIpc) is 3.49. The van der Waals surface area contributed by atoms with Gasteiger partial charge in [-0.3, -0.25) is 14.7 Å². The number of ether oxygens (including phenoxy) is 2. The van der Waals surface area contributed by atoms with Gasteiger partial charge in [0.2, 0.25) is 0 Å². The van der Waals surface area contributed by atoms with Crippen LogP contribution in [0.5, 0.6) is 5.75 Å². The molecule has 1 saturated heterocycles. The van der Waals surface area contributed by atoms with Crippen LogP contribution in [0.4, 0.5) is 11.5 Å². The predicted octanol–water partition coefficient (Wildman–Crippen LogP) is 4.39. The Morgan fingerprint density at radius 2 is 1.93 bits per heavy atom. The molecule has 0 bridgehead atoms. The van der Waals surface area contributed by atoms with Crippen LogP contribution in [0.25, 0.3) is 16.6 Å². The van der Waals surface area contributed by atoms with Gasteiger partial charge >= 0.3 is 0 Å². The fraction of sp³-hybridized carbons (Fsp3) is 0.273. The van der Waals surface area contributed by atoms with E-state index in [1.54, 1.807) is 24.5 Å². The van der Waals surface area contributed by atoms with Gasteiger partial charge in [0.1, 0.15) is 24.5 Å². The highest BCUT2D eigenvalue weighted by atomic mass is 35.5. The van der Waals surface area contributed by atoms with Crippen LogP contribution in [-0.4, -0.2) is 81.4 Å². The van der Waals surface area contributed by atoms with Gasteiger partial charge in [-0.15, -0.1) is 0 Å². The van der Waals surface area contributed by atoms with Crippen molar-refractivity contribution in [2.45, 2.75) is 13.0 Å². The lowest BCUT2D eigenvalue weighted by Crippen LogP contribution is -2.41. The number of fused-ring (bicyclic) bond motifs is 1. The van der Waals surface area contributed by atoms with Crippen molar-refractivity contribution in [3.05, 3.63) is 101 Å². The van der Waals surface area contributed by atoms with Gasteiger partial charge in [-0.1, -0.05) is 17.7 Å². The monoisotopic (exact) mass is 627 g/mol. The molecule has 0 saturated carbocycles. The molecule has 6 rings (SSSR count). The van der Waals surface area contributed by atoms with Gasteiger partial charge in [-0.2, -0.15) is 0 Å². The average molecular weight is 628 g/mol. The van der Waals surface area contributed by atoms with E-state index in [1.807, 2.05) is 53.2 Å². The van der Waals surface area contributed by atoms with E-state index in [0.29, 0.717) is 54.9 Å². The van der Waals surface area contributed by atoms with Crippen LogP contribution in [0.2, 0.25) is 5.02 Å². The maximum absolute atomic E-state index is 13.2. The Morgan fingerprint density at radius 3 is 2.73 bits per heavy atom. The number of amides is 1. The molecule has 232 valence electrons. The Balaban J connectivity index is 1.19. The van der Waals surface area contributed by atoms with Crippen molar-refractivity contribution in [3.63, 3.8) is 0 Å². The molecule has 1 aliphatic heterocycles. The molecular formula is C33H34ClN7O4. The molecule has 0 spiro atoms. The number of aliphatic hydroxyl groups is 1. The number of pyridine rings is 1. The maximum Gasteiger partial charge on any atom is 0.253 e. The van der Waals surface area contributed by atoms with Crippen LogP contribution in [0.1, 0.15) is 21.6 Å². The van der Waals surface area contributed by atoms with Gasteiger partial charge in [0.25, 0.3) is 5.91 Å². The van der Waals surface area contributed by atoms with Crippen molar-refractivity contribution in [3.8, 4) is 11.4 Å². The van der Waals surface area contributed by atoms with E-state index in [9.17, 15) is 9.90 Å². The van der Waals surface area contributed by atoms with Gasteiger partial charge in [-0.05, 0) is 60.5 Å². The van der Waals surface area contributed by atoms with E-state index in [4.69, 9.17) is 21.1 Å². The number of halogens is 1. The van der Waals surface area contributed by atoms with E-state index >= 15 is 0 Å². The molecule has 5 aromatic rings. The number of carbonyl (C=O) groups excluding carboxylic acids is 1. The molecule has 45 heavy (non-hydrogen) atoms. The van der Waals surface area contributed by atoms with Crippen molar-refractivity contribution < 1.29 is 19.4 Å². The summed E-state index contributed by atoms with van der Waals surface area (Å²) in [7, 11) is 0. The minimum Gasteiger partial charge on any atom is -0.486 e. The third-order valence-electron chi connectivity index (χ3n) is 7.57. The Hall–Kier alpha value is -4.55. The number of nitrogens with one attached hydrogen (secondary N) is 2. The highest BCUT2D eigenvalue weighted by Crippen LogP contribution is 2.31. The molecule has 1 aliphatic rings. The predicted molar refractivity (Wildman–Crippen MR) is 173 cm³/mol. The molecule has 1 amide bonds. The van der Waals surface area contributed by atoms with E-state index in [0.717, 1.165) is 53.2 Å². The van der Waals surface area contributed by atoms with Crippen LogP contribution >= 0.6 is 11.6 Å². The second-order valence-corrected chi connectivity index (χ2v) is 11.0. The summed E-state index contributed by atoms with van der Waals surface area (Å²) in [5, 5.41) is 17.3. The lowest BCUT2D eigenvalue weighted by molar-refractivity contribution is 0.0383. The van der Waals surface area contributed by atoms with Crippen LogP contribution in [0.15, 0.2) is 79.5 Å². The van der Waals surface area contributed by atoms with E-state index < -0.39 is 0 Å². The zero-order valence-electron chi connectivity index (χ0n) is 24.7. The molecule has 11 nitrogen and oxygen atoms in total. The zero-order chi connectivity index (χ0) is 31.0. The Bertz CT molecular complexity index is 1760. The molecule has 0 atom stereocenters. The molecule has 3 N–H and O–H groups in total. The first-order valence-electron chi connectivity index (χ1n) is 14.8. The largest absolute Gasteiger partial charge is 0.486 e. The normalized spacial score (nSPS) is 13.6. The van der Waals surface area contributed by atoms with E-state index in [-0.39, 0.29) is 12.5 Å². The number of rotatable bonds is 12. The first-order valence-corrected chi connectivity index (χ1v) is 15.2. The summed E-state index contributed by atoms with van der Waals surface area (Å²) >= 11 is 6.55. The molecular weight excluding hydrogens is 594 g/mol. The van der Waals surface area contributed by atoms with Crippen molar-refractivity contribution in [2.24, 2.45) is 0 Å². The molecule has 0 unspecified atom stereocenters. The fourth-order valence-corrected chi connectivity index (χ4v) is 5.42. The summed E-state index contributed by atoms with van der Waals surface area (Å²) in [6.07, 6.45) is 7.28. The summed E-state index contributed by atoms with van der Waals surface area (Å²) < 4.78 is 13.1. The Kier molecular flexibility index (Phi) is 9.81. The van der Waals surface area contributed by atoms with E-state index in [1.165, 1.54) is 6.33 Å². The number of anilines is 2. The molecule has 12 heteroatoms. The molecule has 1 fully saturated rings. The topological polar surface area (TPSA) is 127 Å². The molecule has 2 aromatic carbocycles. The number of morpholine rings is 1. The summed E-state index contributed by atoms with van der Waals surface area (Å²) in [5.74, 6) is 0.986. The lowest BCUT2D eigenvalue weighted by Gasteiger charge is -2.26. The van der Waals surface area contributed by atoms with Gasteiger partial charge < -0.3 is 29.8 Å². The zero-order valence-corrected chi connectivity index (χ0v) is 25.4. The number of aliphatic hydroxyl groups excluding tert-OH is 1.